The smallest absolute Gasteiger partial charge is 0.118 e. The van der Waals surface area contributed by atoms with Crippen molar-refractivity contribution in [1.82, 2.24) is 4.90 Å². The Hall–Kier alpha value is -1.06. The quantitative estimate of drug-likeness (QED) is 0.820. The van der Waals surface area contributed by atoms with Crippen molar-refractivity contribution in [2.75, 3.05) is 27.2 Å². The van der Waals surface area contributed by atoms with Gasteiger partial charge < -0.3 is 10.5 Å². The van der Waals surface area contributed by atoms with Gasteiger partial charge in [-0.05, 0) is 44.6 Å². The predicted molar refractivity (Wildman–Crippen MR) is 72.5 cm³/mol. The molecular weight excluding hydrogens is 212 g/mol. The summed E-state index contributed by atoms with van der Waals surface area (Å²) in [6.07, 6.45) is 0.956. The third-order valence-corrected chi connectivity index (χ3v) is 3.58. The van der Waals surface area contributed by atoms with Crippen LogP contribution in [0.2, 0.25) is 0 Å². The van der Waals surface area contributed by atoms with Gasteiger partial charge in [0.15, 0.2) is 0 Å². The van der Waals surface area contributed by atoms with E-state index in [1.165, 1.54) is 5.56 Å². The zero-order valence-corrected chi connectivity index (χ0v) is 11.4. The van der Waals surface area contributed by atoms with Crippen LogP contribution in [0.5, 0.6) is 5.75 Å². The van der Waals surface area contributed by atoms with Crippen molar-refractivity contribution in [3.63, 3.8) is 0 Å². The minimum Gasteiger partial charge on any atom is -0.497 e. The van der Waals surface area contributed by atoms with Crippen LogP contribution in [-0.4, -0.2) is 37.7 Å². The first-order valence-corrected chi connectivity index (χ1v) is 6.10. The van der Waals surface area contributed by atoms with Crippen molar-refractivity contribution in [3.8, 4) is 5.75 Å². The van der Waals surface area contributed by atoms with Gasteiger partial charge in [-0.1, -0.05) is 19.1 Å². The average Bonchev–Trinajstić information content (AvgIpc) is 2.38. The van der Waals surface area contributed by atoms with Crippen molar-refractivity contribution in [3.05, 3.63) is 29.8 Å². The molecule has 0 saturated carbocycles. The van der Waals surface area contributed by atoms with Gasteiger partial charge in [0.1, 0.15) is 5.75 Å². The third-order valence-electron chi connectivity index (χ3n) is 3.58. The number of rotatable bonds is 6. The van der Waals surface area contributed by atoms with Crippen LogP contribution < -0.4 is 10.5 Å². The minimum atomic E-state index is 0.0172. The van der Waals surface area contributed by atoms with Crippen molar-refractivity contribution < 1.29 is 4.74 Å². The lowest BCUT2D eigenvalue weighted by atomic mass is 9.91. The zero-order chi connectivity index (χ0) is 12.9. The molecule has 0 bridgehead atoms. The first-order valence-electron chi connectivity index (χ1n) is 6.10. The second-order valence-electron chi connectivity index (χ2n) is 4.74. The molecule has 3 nitrogen and oxygen atoms in total. The molecule has 0 radical (unpaired) electrons. The van der Waals surface area contributed by atoms with Gasteiger partial charge in [0, 0.05) is 12.1 Å². The van der Waals surface area contributed by atoms with Crippen LogP contribution in [0.3, 0.4) is 0 Å². The molecule has 0 amide bonds. The van der Waals surface area contributed by atoms with Crippen molar-refractivity contribution >= 4 is 0 Å². The van der Waals surface area contributed by atoms with Crippen LogP contribution in [0.25, 0.3) is 0 Å². The van der Waals surface area contributed by atoms with Crippen molar-refractivity contribution in [2.24, 2.45) is 5.73 Å². The second-order valence-corrected chi connectivity index (χ2v) is 4.74. The maximum Gasteiger partial charge on any atom is 0.118 e. The lowest BCUT2D eigenvalue weighted by Crippen LogP contribution is -2.51. The van der Waals surface area contributed by atoms with Crippen molar-refractivity contribution in [2.45, 2.75) is 25.8 Å². The summed E-state index contributed by atoms with van der Waals surface area (Å²) in [6, 6.07) is 8.21. The topological polar surface area (TPSA) is 38.5 Å². The Bertz CT molecular complexity index is 337. The number of hydrogen-bond donors (Lipinski definition) is 1. The van der Waals surface area contributed by atoms with E-state index in [1.807, 2.05) is 12.1 Å². The number of methoxy groups -OCH3 is 1. The summed E-state index contributed by atoms with van der Waals surface area (Å²) in [7, 11) is 3.81. The first-order chi connectivity index (χ1) is 8.05. The second kappa shape index (κ2) is 6.03. The Labute approximate surface area is 105 Å². The summed E-state index contributed by atoms with van der Waals surface area (Å²) in [6.45, 7) is 6.02. The van der Waals surface area contributed by atoms with Gasteiger partial charge in [-0.15, -0.1) is 0 Å². The molecule has 0 aliphatic carbocycles. The maximum atomic E-state index is 5.92. The van der Waals surface area contributed by atoms with Crippen LogP contribution in [0.15, 0.2) is 24.3 Å². The molecule has 0 aliphatic heterocycles. The molecular formula is C14H24N2O. The fourth-order valence-electron chi connectivity index (χ4n) is 1.93. The molecule has 0 aromatic heterocycles. The van der Waals surface area contributed by atoms with Crippen LogP contribution in [0, 0.1) is 0 Å². The Morgan fingerprint density at radius 1 is 1.29 bits per heavy atom. The highest BCUT2D eigenvalue weighted by Gasteiger charge is 2.26. The number of nitrogens with zero attached hydrogens (tertiary/aromatic N) is 1. The standard InChI is InChI=1S/C14H24N2O/c1-5-16(3)14(2,11-15)10-12-6-8-13(17-4)9-7-12/h6-9H,5,10-11,15H2,1-4H3. The highest BCUT2D eigenvalue weighted by atomic mass is 16.5. The summed E-state index contributed by atoms with van der Waals surface area (Å²) < 4.78 is 5.16. The SMILES string of the molecule is CCN(C)C(C)(CN)Cc1ccc(OC)cc1. The Morgan fingerprint density at radius 2 is 1.88 bits per heavy atom. The Kier molecular flexibility index (Phi) is 4.97. The zero-order valence-electron chi connectivity index (χ0n) is 11.4. The van der Waals surface area contributed by atoms with Gasteiger partial charge in [0.2, 0.25) is 0 Å². The average molecular weight is 236 g/mol. The molecule has 1 aromatic rings. The van der Waals surface area contributed by atoms with E-state index in [0.717, 1.165) is 18.7 Å². The fraction of sp³-hybridized carbons (Fsp3) is 0.571. The van der Waals surface area contributed by atoms with Gasteiger partial charge in [-0.3, -0.25) is 4.90 Å². The number of hydrogen-bond acceptors (Lipinski definition) is 3. The van der Waals surface area contributed by atoms with Gasteiger partial charge >= 0.3 is 0 Å². The Morgan fingerprint density at radius 3 is 2.29 bits per heavy atom. The van der Waals surface area contributed by atoms with E-state index in [1.54, 1.807) is 7.11 Å². The largest absolute Gasteiger partial charge is 0.497 e. The van der Waals surface area contributed by atoms with E-state index in [2.05, 4.69) is 37.9 Å². The van der Waals surface area contributed by atoms with Gasteiger partial charge in [-0.25, -0.2) is 0 Å². The maximum absolute atomic E-state index is 5.92. The summed E-state index contributed by atoms with van der Waals surface area (Å²) >= 11 is 0. The third kappa shape index (κ3) is 3.45. The lowest BCUT2D eigenvalue weighted by molar-refractivity contribution is 0.152. The van der Waals surface area contributed by atoms with Crippen LogP contribution in [-0.2, 0) is 6.42 Å². The number of likely N-dealkylation sites (N-methyl/N-ethyl adjacent to an activating group) is 1. The number of nitrogens with two attached hydrogens (primary N) is 1. The summed E-state index contributed by atoms with van der Waals surface area (Å²) in [4.78, 5) is 2.30. The predicted octanol–water partition coefficient (Wildman–Crippen LogP) is 1.91. The lowest BCUT2D eigenvalue weighted by Gasteiger charge is -2.37. The summed E-state index contributed by atoms with van der Waals surface area (Å²) in [5.74, 6) is 0.895. The first kappa shape index (κ1) is 14.0. The van der Waals surface area contributed by atoms with E-state index in [-0.39, 0.29) is 5.54 Å². The monoisotopic (exact) mass is 236 g/mol. The van der Waals surface area contributed by atoms with E-state index in [4.69, 9.17) is 10.5 Å². The highest BCUT2D eigenvalue weighted by molar-refractivity contribution is 5.28. The van der Waals surface area contributed by atoms with E-state index in [9.17, 15) is 0 Å². The van der Waals surface area contributed by atoms with E-state index in [0.29, 0.717) is 6.54 Å². The molecule has 96 valence electrons. The van der Waals surface area contributed by atoms with Gasteiger partial charge in [0.25, 0.3) is 0 Å². The number of benzene rings is 1. The summed E-state index contributed by atoms with van der Waals surface area (Å²) in [5, 5.41) is 0. The molecule has 17 heavy (non-hydrogen) atoms. The summed E-state index contributed by atoms with van der Waals surface area (Å²) in [5.41, 5.74) is 7.23. The molecule has 2 N–H and O–H groups in total. The van der Waals surface area contributed by atoms with Crippen LogP contribution >= 0.6 is 0 Å². The normalized spacial score (nSPS) is 14.7. The fourth-order valence-corrected chi connectivity index (χ4v) is 1.93. The molecule has 0 fully saturated rings. The van der Waals surface area contributed by atoms with Gasteiger partial charge in [0.05, 0.1) is 7.11 Å². The van der Waals surface area contributed by atoms with E-state index < -0.39 is 0 Å². The van der Waals surface area contributed by atoms with E-state index >= 15 is 0 Å². The molecule has 0 spiro atoms. The van der Waals surface area contributed by atoms with Crippen LogP contribution in [0.1, 0.15) is 19.4 Å². The van der Waals surface area contributed by atoms with Crippen molar-refractivity contribution in [1.29, 1.82) is 0 Å². The molecule has 1 rings (SSSR count). The van der Waals surface area contributed by atoms with Crippen LogP contribution in [0.4, 0.5) is 0 Å². The minimum absolute atomic E-state index is 0.0172. The van der Waals surface area contributed by atoms with Gasteiger partial charge in [-0.2, -0.15) is 0 Å². The highest BCUT2D eigenvalue weighted by Crippen LogP contribution is 2.20. The molecule has 0 saturated heterocycles. The molecule has 1 unspecified atom stereocenters. The molecule has 1 aromatic carbocycles. The molecule has 1 atom stereocenters. The number of ether oxygens (including phenoxy) is 1. The molecule has 0 heterocycles. The Balaban J connectivity index is 2.79. The molecule has 3 heteroatoms. The molecule has 0 aliphatic rings.